The van der Waals surface area contributed by atoms with E-state index in [1.54, 1.807) is 0 Å². The predicted molar refractivity (Wildman–Crippen MR) is 106 cm³/mol. The average molecular weight is 373 g/mol. The van der Waals surface area contributed by atoms with E-state index < -0.39 is 11.7 Å². The normalized spacial score (nSPS) is 24.6. The molecule has 1 saturated heterocycles. The highest BCUT2D eigenvalue weighted by atomic mass is 19.2. The summed E-state index contributed by atoms with van der Waals surface area (Å²) in [4.78, 5) is 0. The molecule has 1 rings (SSSR count). The summed E-state index contributed by atoms with van der Waals surface area (Å²) >= 11 is 0. The Bertz CT molecular complexity index is 457. The maximum absolute atomic E-state index is 13.7. The highest BCUT2D eigenvalue weighted by molar-refractivity contribution is 5.29. The van der Waals surface area contributed by atoms with Gasteiger partial charge >= 0.3 is 0 Å². The minimum Gasteiger partial charge on any atom is -0.352 e. The van der Waals surface area contributed by atoms with Crippen LogP contribution in [0.2, 0.25) is 0 Å². The molecule has 0 bridgehead atoms. The molecule has 1 aliphatic heterocycles. The summed E-state index contributed by atoms with van der Waals surface area (Å²) in [7, 11) is 0. The molecule has 4 heteroatoms. The second kappa shape index (κ2) is 14.1. The predicted octanol–water partition coefficient (Wildman–Crippen LogP) is 7.14. The third-order valence-electron chi connectivity index (χ3n) is 4.47. The molecule has 152 valence electrons. The van der Waals surface area contributed by atoms with Crippen molar-refractivity contribution in [2.45, 2.75) is 74.0 Å². The van der Waals surface area contributed by atoms with Gasteiger partial charge in [0.25, 0.3) is 0 Å². The van der Waals surface area contributed by atoms with Crippen molar-refractivity contribution in [1.29, 1.82) is 0 Å². The van der Waals surface area contributed by atoms with Crippen LogP contribution in [0, 0.1) is 17.8 Å². The fourth-order valence-electron chi connectivity index (χ4n) is 2.89. The standard InChI is InChI=1S/C20H32F2O2.C2H6/c1-6-8-18(11-19(22)16(5)21)17(7-2)10-9-15(4)20-23-12-14(3)13-24-20;1-2/h6,8,11,14-15,17,20H,7,9-10,12-13H2,1-5H3;1-2H3/b8-6-,18-11+,19-16-;. The summed E-state index contributed by atoms with van der Waals surface area (Å²) in [6.45, 7) is 14.8. The maximum atomic E-state index is 13.7. The van der Waals surface area contributed by atoms with E-state index in [1.807, 2.05) is 32.9 Å². The number of hydrogen-bond acceptors (Lipinski definition) is 2. The number of hydrogen-bond donors (Lipinski definition) is 0. The van der Waals surface area contributed by atoms with Crippen LogP contribution in [0.3, 0.4) is 0 Å². The topological polar surface area (TPSA) is 18.5 Å². The first-order chi connectivity index (χ1) is 12.4. The monoisotopic (exact) mass is 372 g/mol. The Morgan fingerprint density at radius 2 is 1.73 bits per heavy atom. The molecule has 1 aliphatic rings. The van der Waals surface area contributed by atoms with E-state index in [0.29, 0.717) is 5.92 Å². The molecule has 0 aliphatic carbocycles. The Balaban J connectivity index is 0.00000301. The number of halogens is 2. The van der Waals surface area contributed by atoms with E-state index in [4.69, 9.17) is 9.47 Å². The lowest BCUT2D eigenvalue weighted by Crippen LogP contribution is -2.35. The first kappa shape index (κ1) is 25.0. The van der Waals surface area contributed by atoms with Gasteiger partial charge in [0.15, 0.2) is 12.1 Å². The van der Waals surface area contributed by atoms with Gasteiger partial charge in [-0.25, -0.2) is 8.78 Å². The molecule has 1 heterocycles. The molecule has 0 saturated carbocycles. The molecule has 0 amide bonds. The van der Waals surface area contributed by atoms with Crippen LogP contribution in [-0.2, 0) is 9.47 Å². The second-order valence-corrected chi connectivity index (χ2v) is 6.83. The molecule has 2 nitrogen and oxygen atoms in total. The zero-order chi connectivity index (χ0) is 20.1. The third kappa shape index (κ3) is 9.09. The SMILES string of the molecule is CC.C\C=C/C(=C\C(F)=C(/C)F)C(CC)CCC(C)C1OCC(C)CO1. The molecule has 0 aromatic rings. The van der Waals surface area contributed by atoms with Crippen LogP contribution in [0.4, 0.5) is 8.78 Å². The van der Waals surface area contributed by atoms with Crippen molar-refractivity contribution in [2.24, 2.45) is 17.8 Å². The van der Waals surface area contributed by atoms with Crippen LogP contribution in [-0.4, -0.2) is 19.5 Å². The average Bonchev–Trinajstić information content (AvgIpc) is 2.64. The fraction of sp³-hybridized carbons (Fsp3) is 0.727. The lowest BCUT2D eigenvalue weighted by atomic mass is 9.87. The van der Waals surface area contributed by atoms with E-state index >= 15 is 0 Å². The molecule has 0 aromatic carbocycles. The first-order valence-electron chi connectivity index (χ1n) is 9.98. The molecule has 0 aromatic heterocycles. The van der Waals surface area contributed by atoms with Crippen molar-refractivity contribution in [3.8, 4) is 0 Å². The van der Waals surface area contributed by atoms with E-state index in [2.05, 4.69) is 20.8 Å². The van der Waals surface area contributed by atoms with Crippen LogP contribution in [0.25, 0.3) is 0 Å². The van der Waals surface area contributed by atoms with Crippen molar-refractivity contribution in [2.75, 3.05) is 13.2 Å². The van der Waals surface area contributed by atoms with Crippen LogP contribution < -0.4 is 0 Å². The van der Waals surface area contributed by atoms with Crippen LogP contribution in [0.15, 0.2) is 35.5 Å². The summed E-state index contributed by atoms with van der Waals surface area (Å²) in [5.74, 6) is -0.654. The summed E-state index contributed by atoms with van der Waals surface area (Å²) in [5, 5.41) is 0. The highest BCUT2D eigenvalue weighted by Crippen LogP contribution is 2.29. The van der Waals surface area contributed by atoms with E-state index in [9.17, 15) is 8.78 Å². The van der Waals surface area contributed by atoms with Crippen LogP contribution in [0.1, 0.15) is 67.7 Å². The van der Waals surface area contributed by atoms with Crippen LogP contribution >= 0.6 is 0 Å². The summed E-state index contributed by atoms with van der Waals surface area (Å²) in [6.07, 6.45) is 7.61. The van der Waals surface area contributed by atoms with Gasteiger partial charge in [-0.1, -0.05) is 46.8 Å². The smallest absolute Gasteiger partial charge is 0.160 e. The van der Waals surface area contributed by atoms with Crippen molar-refractivity contribution >= 4 is 0 Å². The molecule has 1 fully saturated rings. The van der Waals surface area contributed by atoms with Crippen molar-refractivity contribution < 1.29 is 18.3 Å². The lowest BCUT2D eigenvalue weighted by molar-refractivity contribution is -0.220. The van der Waals surface area contributed by atoms with Gasteiger partial charge in [0.1, 0.15) is 5.83 Å². The lowest BCUT2D eigenvalue weighted by Gasteiger charge is -2.32. The van der Waals surface area contributed by atoms with Gasteiger partial charge in [0, 0.05) is 11.8 Å². The molecule has 0 radical (unpaired) electrons. The van der Waals surface area contributed by atoms with Gasteiger partial charge in [0.2, 0.25) is 0 Å². The Morgan fingerprint density at radius 1 is 1.15 bits per heavy atom. The summed E-state index contributed by atoms with van der Waals surface area (Å²) < 4.78 is 38.2. The Labute approximate surface area is 159 Å². The largest absolute Gasteiger partial charge is 0.352 e. The molecule has 0 spiro atoms. The Hall–Kier alpha value is -1.00. The van der Waals surface area contributed by atoms with Gasteiger partial charge in [0.05, 0.1) is 13.2 Å². The quantitative estimate of drug-likeness (QED) is 0.422. The molecule has 0 N–H and O–H groups in total. The first-order valence-corrected chi connectivity index (χ1v) is 9.98. The van der Waals surface area contributed by atoms with Crippen molar-refractivity contribution in [3.63, 3.8) is 0 Å². The minimum atomic E-state index is -0.789. The number of allylic oxidation sites excluding steroid dienone is 6. The summed E-state index contributed by atoms with van der Waals surface area (Å²) in [6, 6.07) is 0. The van der Waals surface area contributed by atoms with Crippen molar-refractivity contribution in [1.82, 2.24) is 0 Å². The molecule has 2 atom stereocenters. The molecular formula is C22H38F2O2. The maximum Gasteiger partial charge on any atom is 0.160 e. The molecule has 26 heavy (non-hydrogen) atoms. The van der Waals surface area contributed by atoms with Crippen molar-refractivity contribution in [3.05, 3.63) is 35.5 Å². The van der Waals surface area contributed by atoms with Crippen LogP contribution in [0.5, 0.6) is 0 Å². The third-order valence-corrected chi connectivity index (χ3v) is 4.47. The minimum absolute atomic E-state index is 0.155. The zero-order valence-corrected chi connectivity index (χ0v) is 17.6. The van der Waals surface area contributed by atoms with Gasteiger partial charge in [-0.3, -0.25) is 0 Å². The number of rotatable bonds is 8. The second-order valence-electron chi connectivity index (χ2n) is 6.83. The molecule has 2 unspecified atom stereocenters. The van der Waals surface area contributed by atoms with E-state index in [0.717, 1.165) is 45.0 Å². The van der Waals surface area contributed by atoms with Gasteiger partial charge in [-0.05, 0) is 50.7 Å². The fourth-order valence-corrected chi connectivity index (χ4v) is 2.89. The highest BCUT2D eigenvalue weighted by Gasteiger charge is 2.25. The van der Waals surface area contributed by atoms with E-state index in [1.165, 1.54) is 6.08 Å². The van der Waals surface area contributed by atoms with Gasteiger partial charge < -0.3 is 9.47 Å². The Morgan fingerprint density at radius 3 is 2.19 bits per heavy atom. The summed E-state index contributed by atoms with van der Waals surface area (Å²) in [5.41, 5.74) is 0.834. The zero-order valence-electron chi connectivity index (χ0n) is 17.6. The number of ether oxygens (including phenoxy) is 2. The Kier molecular flexibility index (Phi) is 13.6. The molecular weight excluding hydrogens is 334 g/mol. The van der Waals surface area contributed by atoms with Gasteiger partial charge in [-0.2, -0.15) is 0 Å². The van der Waals surface area contributed by atoms with E-state index in [-0.39, 0.29) is 18.1 Å². The van der Waals surface area contributed by atoms with Gasteiger partial charge in [-0.15, -0.1) is 0 Å².